The van der Waals surface area contributed by atoms with Crippen molar-refractivity contribution in [2.24, 2.45) is 0 Å². The van der Waals surface area contributed by atoms with Gasteiger partial charge in [-0.05, 0) is 34.6 Å². The first-order valence-electron chi connectivity index (χ1n) is 8.12. The number of allylic oxidation sites excluding steroid dienone is 1. The molecule has 1 aromatic rings. The Kier molecular flexibility index (Phi) is 22.1. The lowest BCUT2D eigenvalue weighted by molar-refractivity contribution is -0.0979. The Morgan fingerprint density at radius 1 is 1.13 bits per heavy atom. The van der Waals surface area contributed by atoms with Crippen molar-refractivity contribution < 1.29 is 4.79 Å². The Labute approximate surface area is 149 Å². The van der Waals surface area contributed by atoms with E-state index in [1.54, 1.807) is 6.08 Å². The molecule has 3 heteroatoms. The van der Waals surface area contributed by atoms with Gasteiger partial charge in [0.1, 0.15) is 6.79 Å². The molecule has 0 radical (unpaired) electrons. The highest BCUT2D eigenvalue weighted by Crippen LogP contribution is 2.22. The number of rotatable bonds is 0. The minimum Gasteiger partial charge on any atom is -0.307 e. The maximum absolute atomic E-state index is 8.00. The number of carbonyl (C=O) groups is 1. The maximum atomic E-state index is 8.00. The summed E-state index contributed by atoms with van der Waals surface area (Å²) in [5, 5.41) is 0. The first-order chi connectivity index (χ1) is 10.9. The molecule has 0 aromatic heterocycles. The predicted octanol–water partition coefficient (Wildman–Crippen LogP) is 5.82. The third-order valence-electron chi connectivity index (χ3n) is 2.64. The van der Waals surface area contributed by atoms with Crippen LogP contribution in [-0.4, -0.2) is 35.4 Å². The van der Waals surface area contributed by atoms with Crippen molar-refractivity contribution in [3.05, 3.63) is 48.6 Å². The number of aryl methyl sites for hydroxylation is 1. The lowest BCUT2D eigenvalue weighted by Gasteiger charge is -2.30. The van der Waals surface area contributed by atoms with E-state index >= 15 is 0 Å². The van der Waals surface area contributed by atoms with Crippen molar-refractivity contribution in [2.45, 2.75) is 54.0 Å². The van der Waals surface area contributed by atoms with Crippen molar-refractivity contribution in [3.8, 4) is 0 Å². The fourth-order valence-electron chi connectivity index (χ4n) is 1.48. The molecule has 0 atom stereocenters. The van der Waals surface area contributed by atoms with Crippen LogP contribution in [0.25, 0.3) is 0 Å². The van der Waals surface area contributed by atoms with E-state index in [1.165, 1.54) is 23.7 Å². The van der Waals surface area contributed by atoms with Gasteiger partial charge in [0.25, 0.3) is 0 Å². The molecule has 0 unspecified atom stereocenters. The number of thioether (sulfide) groups is 1. The summed E-state index contributed by atoms with van der Waals surface area (Å²) in [5.41, 5.74) is 1.71. The molecule has 2 nitrogen and oxygen atoms in total. The van der Waals surface area contributed by atoms with E-state index in [0.29, 0.717) is 5.54 Å². The minimum atomic E-state index is 0.392. The number of hydrogen-bond acceptors (Lipinski definition) is 3. The number of nitrogens with zero attached hydrogens (tertiary/aromatic N) is 1. The van der Waals surface area contributed by atoms with E-state index in [1.807, 2.05) is 57.5 Å². The Hall–Kier alpha value is -1.06. The molecule has 1 saturated heterocycles. The Morgan fingerprint density at radius 2 is 1.57 bits per heavy atom. The van der Waals surface area contributed by atoms with Crippen molar-refractivity contribution in [1.29, 1.82) is 0 Å². The van der Waals surface area contributed by atoms with Crippen molar-refractivity contribution in [1.82, 2.24) is 4.90 Å². The van der Waals surface area contributed by atoms with Crippen LogP contribution in [0.2, 0.25) is 0 Å². The molecule has 0 N–H and O–H groups in total. The van der Waals surface area contributed by atoms with Gasteiger partial charge in [0.15, 0.2) is 0 Å². The topological polar surface area (TPSA) is 20.3 Å². The molecule has 0 saturated carbocycles. The molecule has 23 heavy (non-hydrogen) atoms. The summed E-state index contributed by atoms with van der Waals surface area (Å²) < 4.78 is 0. The molecule has 0 aliphatic carbocycles. The van der Waals surface area contributed by atoms with Crippen molar-refractivity contribution >= 4 is 18.6 Å². The van der Waals surface area contributed by atoms with Gasteiger partial charge < -0.3 is 4.79 Å². The van der Waals surface area contributed by atoms with Crippen molar-refractivity contribution in [2.75, 3.05) is 18.2 Å². The average molecular weight is 340 g/mol. The first kappa shape index (κ1) is 26.8. The minimum absolute atomic E-state index is 0.392. The maximum Gasteiger partial charge on any atom is 0.106 e. The van der Waals surface area contributed by atoms with Gasteiger partial charge in [-0.15, -0.1) is 18.3 Å². The molecular weight excluding hydrogens is 302 g/mol. The zero-order valence-corrected chi connectivity index (χ0v) is 17.1. The smallest absolute Gasteiger partial charge is 0.106 e. The van der Waals surface area contributed by atoms with Crippen LogP contribution < -0.4 is 0 Å². The molecule has 0 bridgehead atoms. The molecule has 2 rings (SSSR count). The van der Waals surface area contributed by atoms with Crippen molar-refractivity contribution in [3.63, 3.8) is 0 Å². The van der Waals surface area contributed by atoms with Gasteiger partial charge in [-0.3, -0.25) is 4.90 Å². The average Bonchev–Trinajstić information content (AvgIpc) is 3.08. The highest BCUT2D eigenvalue weighted by atomic mass is 32.2. The van der Waals surface area contributed by atoms with Gasteiger partial charge in [0.05, 0.1) is 0 Å². The van der Waals surface area contributed by atoms with Gasteiger partial charge in [-0.2, -0.15) is 0 Å². The lowest BCUT2D eigenvalue weighted by Crippen LogP contribution is -2.38. The van der Waals surface area contributed by atoms with E-state index in [-0.39, 0.29) is 0 Å². The number of hydrogen-bond donors (Lipinski definition) is 0. The Bertz CT molecular complexity index is 340. The van der Waals surface area contributed by atoms with Gasteiger partial charge in [-0.1, -0.05) is 55.8 Å². The summed E-state index contributed by atoms with van der Waals surface area (Å²) in [7, 11) is 0. The molecule has 1 aliphatic heterocycles. The van der Waals surface area contributed by atoms with E-state index in [9.17, 15) is 0 Å². The van der Waals surface area contributed by atoms with Gasteiger partial charge in [0.2, 0.25) is 0 Å². The van der Waals surface area contributed by atoms with Crippen LogP contribution in [0.15, 0.2) is 43.0 Å². The fourth-order valence-corrected chi connectivity index (χ4v) is 2.69. The molecule has 0 amide bonds. The summed E-state index contributed by atoms with van der Waals surface area (Å²) in [4.78, 5) is 10.5. The molecule has 1 heterocycles. The second-order valence-electron chi connectivity index (χ2n) is 5.53. The normalized spacial score (nSPS) is 12.7. The summed E-state index contributed by atoms with van der Waals surface area (Å²) >= 11 is 2.03. The molecule has 0 spiro atoms. The van der Waals surface area contributed by atoms with Gasteiger partial charge in [0, 0.05) is 23.7 Å². The Morgan fingerprint density at radius 3 is 1.74 bits per heavy atom. The predicted molar refractivity (Wildman–Crippen MR) is 109 cm³/mol. The first-order valence-corrected chi connectivity index (χ1v) is 9.27. The molecule has 1 aliphatic rings. The van der Waals surface area contributed by atoms with E-state index < -0.39 is 0 Å². The summed E-state index contributed by atoms with van der Waals surface area (Å²) in [6, 6.07) is 10.3. The SMILES string of the molecule is C=CC.C=O.CC.CC(C)(C)N1CCSC1.Cc1ccccc1. The third-order valence-corrected chi connectivity index (χ3v) is 3.61. The van der Waals surface area contributed by atoms with Crippen LogP contribution in [0, 0.1) is 6.92 Å². The third kappa shape index (κ3) is 18.9. The van der Waals surface area contributed by atoms with E-state index in [4.69, 9.17) is 4.79 Å². The van der Waals surface area contributed by atoms with Crippen LogP contribution in [0.1, 0.15) is 47.1 Å². The van der Waals surface area contributed by atoms with Crippen LogP contribution in [-0.2, 0) is 4.79 Å². The van der Waals surface area contributed by atoms with Gasteiger partial charge >= 0.3 is 0 Å². The van der Waals surface area contributed by atoms with Crippen LogP contribution in [0.5, 0.6) is 0 Å². The van der Waals surface area contributed by atoms with E-state index in [2.05, 4.69) is 51.3 Å². The van der Waals surface area contributed by atoms with Crippen LogP contribution in [0.4, 0.5) is 0 Å². The van der Waals surface area contributed by atoms with E-state index in [0.717, 1.165) is 0 Å². The zero-order chi connectivity index (χ0) is 18.7. The van der Waals surface area contributed by atoms with Crippen LogP contribution in [0.3, 0.4) is 0 Å². The zero-order valence-electron chi connectivity index (χ0n) is 16.3. The quantitative estimate of drug-likeness (QED) is 0.555. The second kappa shape index (κ2) is 19.0. The summed E-state index contributed by atoms with van der Waals surface area (Å²) in [6.07, 6.45) is 1.75. The monoisotopic (exact) mass is 339 g/mol. The molecule has 1 fully saturated rings. The molecule has 134 valence electrons. The highest BCUT2D eigenvalue weighted by Gasteiger charge is 2.23. The Balaban J connectivity index is -0.000000255. The second-order valence-corrected chi connectivity index (χ2v) is 6.61. The fraction of sp³-hybridized carbons (Fsp3) is 0.550. The summed E-state index contributed by atoms with van der Waals surface area (Å²) in [6.45, 7) is 21.4. The number of carbonyl (C=O) groups excluding carboxylic acids is 1. The largest absolute Gasteiger partial charge is 0.307 e. The molecule has 1 aromatic carbocycles. The standard InChI is InChI=1S/C7H15NS.C7H8.C3H6.C2H6.CH2O/c1-7(2,3)8-4-5-9-6-8;1-7-5-3-2-4-6-7;1-3-2;2*1-2/h4-6H2,1-3H3;2-6H,1H3;3H,1H2,2H3;1-2H3;1H2. The summed E-state index contributed by atoms with van der Waals surface area (Å²) in [5.74, 6) is 2.54. The highest BCUT2D eigenvalue weighted by molar-refractivity contribution is 7.99. The van der Waals surface area contributed by atoms with Gasteiger partial charge in [-0.25, -0.2) is 0 Å². The number of benzene rings is 1. The molecular formula is C20H37NOS. The lowest BCUT2D eigenvalue weighted by atomic mass is 10.1. The van der Waals surface area contributed by atoms with Crippen LogP contribution >= 0.6 is 11.8 Å².